The average molecular weight is 649 g/mol. The molecule has 1 fully saturated rings. The fraction of sp³-hybridized carbons (Fsp3) is 0.786. The van der Waals surface area contributed by atoms with Crippen LogP contribution in [0.1, 0.15) is 58.3 Å². The molecule has 0 spiro atoms. The van der Waals surface area contributed by atoms with Crippen LogP contribution in [-0.2, 0) is 43.1 Å². The highest BCUT2D eigenvalue weighted by Gasteiger charge is 2.36. The Kier molecular flexibility index (Phi) is 19.9. The number of nitrogens with one attached hydrogen (secondary N) is 2. The molecule has 1 saturated heterocycles. The van der Waals surface area contributed by atoms with Gasteiger partial charge in [-0.05, 0) is 26.2 Å². The number of ether oxygens (including phenoxy) is 2. The Morgan fingerprint density at radius 2 is 1.71 bits per heavy atom. The van der Waals surface area contributed by atoms with Gasteiger partial charge >= 0.3 is 5.97 Å². The Hall–Kier alpha value is -3.06. The number of aldehydes is 1. The molecular formula is C28H48N4O13. The molecule has 0 aromatic rings. The molecule has 0 radical (unpaired) electrons. The predicted molar refractivity (Wildman–Crippen MR) is 155 cm³/mol. The van der Waals surface area contributed by atoms with Crippen LogP contribution in [0.4, 0.5) is 0 Å². The predicted octanol–water partition coefficient (Wildman–Crippen LogP) is -2.84. The molecule has 6 N–H and O–H groups in total. The van der Waals surface area contributed by atoms with Crippen molar-refractivity contribution in [3.63, 3.8) is 0 Å². The normalized spacial score (nSPS) is 20.2. The van der Waals surface area contributed by atoms with Gasteiger partial charge in [-0.1, -0.05) is 6.42 Å². The number of rotatable bonds is 22. The number of hydrogen-bond donors (Lipinski definition) is 6. The van der Waals surface area contributed by atoms with Crippen LogP contribution in [0.15, 0.2) is 0 Å². The molecule has 0 aromatic carbocycles. The summed E-state index contributed by atoms with van der Waals surface area (Å²) >= 11 is 0. The Bertz CT molecular complexity index is 953. The standard InChI is InChI=1S/C28H48N4O13/c1-19(36)14-32(15-24(39)29-10-5-3-4-8-27(42)45-31(2)26(41)7-6-11-33)16-25(40)30-20(17-34)9-12-43-28-22(38)13-21(37)23(18-35)44-28/h11,20-23,28,34-35,37-38H,3-10,12-18H2,1-2H3,(H,29,39)(H,30,40)/t20?,21-,22?,23?,28-/m0/s1. The van der Waals surface area contributed by atoms with Gasteiger partial charge in [-0.2, -0.15) is 5.06 Å². The van der Waals surface area contributed by atoms with Crippen LogP contribution in [0.25, 0.3) is 0 Å². The van der Waals surface area contributed by atoms with E-state index in [-0.39, 0.29) is 64.1 Å². The maximum absolute atomic E-state index is 12.6. The zero-order valence-corrected chi connectivity index (χ0v) is 25.9. The molecular weight excluding hydrogens is 600 g/mol. The molecule has 0 bridgehead atoms. The van der Waals surface area contributed by atoms with E-state index in [0.717, 1.165) is 5.06 Å². The summed E-state index contributed by atoms with van der Waals surface area (Å²) in [5.41, 5.74) is 0. The maximum atomic E-state index is 12.6. The lowest BCUT2D eigenvalue weighted by Crippen LogP contribution is -2.50. The second-order valence-electron chi connectivity index (χ2n) is 10.8. The summed E-state index contributed by atoms with van der Waals surface area (Å²) in [4.78, 5) is 76.9. The molecule has 1 aliphatic rings. The summed E-state index contributed by atoms with van der Waals surface area (Å²) in [6.07, 6.45) is -1.81. The molecule has 0 saturated carbocycles. The van der Waals surface area contributed by atoms with Crippen LogP contribution in [0, 0.1) is 0 Å². The number of ketones is 1. The van der Waals surface area contributed by atoms with Crippen molar-refractivity contribution in [3.8, 4) is 0 Å². The minimum Gasteiger partial charge on any atom is -0.394 e. The molecule has 0 aliphatic carbocycles. The Labute approximate surface area is 262 Å². The van der Waals surface area contributed by atoms with Crippen LogP contribution in [0.5, 0.6) is 0 Å². The summed E-state index contributed by atoms with van der Waals surface area (Å²) in [6, 6.07) is -0.730. The topological polar surface area (TPSA) is 242 Å². The molecule has 1 heterocycles. The molecule has 45 heavy (non-hydrogen) atoms. The van der Waals surface area contributed by atoms with Gasteiger partial charge < -0.3 is 50.2 Å². The first-order chi connectivity index (χ1) is 21.4. The fourth-order valence-corrected chi connectivity index (χ4v) is 4.32. The number of nitrogens with zero attached hydrogens (tertiary/aromatic N) is 2. The van der Waals surface area contributed by atoms with E-state index >= 15 is 0 Å². The number of amides is 3. The number of carbonyl (C=O) groups is 6. The molecule has 3 amide bonds. The van der Waals surface area contributed by atoms with Crippen molar-refractivity contribution in [2.45, 2.75) is 88.9 Å². The third kappa shape index (κ3) is 17.3. The summed E-state index contributed by atoms with van der Waals surface area (Å²) in [5.74, 6) is -2.29. The van der Waals surface area contributed by atoms with Gasteiger partial charge in [0.1, 0.15) is 24.3 Å². The number of aliphatic hydroxyl groups excluding tert-OH is 4. The van der Waals surface area contributed by atoms with Crippen LogP contribution < -0.4 is 10.6 Å². The van der Waals surface area contributed by atoms with E-state index in [9.17, 15) is 49.2 Å². The van der Waals surface area contributed by atoms with Gasteiger partial charge in [0.05, 0.1) is 51.6 Å². The van der Waals surface area contributed by atoms with Gasteiger partial charge in [0.25, 0.3) is 5.91 Å². The number of unbranched alkanes of at least 4 members (excludes halogenated alkanes) is 2. The van der Waals surface area contributed by atoms with Crippen molar-refractivity contribution in [1.29, 1.82) is 0 Å². The summed E-state index contributed by atoms with van der Waals surface area (Å²) < 4.78 is 10.8. The first kappa shape index (κ1) is 40.0. The lowest BCUT2D eigenvalue weighted by Gasteiger charge is -2.36. The van der Waals surface area contributed by atoms with E-state index in [2.05, 4.69) is 10.6 Å². The van der Waals surface area contributed by atoms with Crippen LogP contribution in [-0.4, -0.2) is 150 Å². The average Bonchev–Trinajstić information content (AvgIpc) is 2.97. The van der Waals surface area contributed by atoms with Crippen molar-refractivity contribution in [2.75, 3.05) is 53.0 Å². The Balaban J connectivity index is 2.36. The quantitative estimate of drug-likeness (QED) is 0.0394. The number of aliphatic hydroxyl groups is 4. The summed E-state index contributed by atoms with van der Waals surface area (Å²) in [5, 5.41) is 44.8. The van der Waals surface area contributed by atoms with Crippen molar-refractivity contribution < 1.29 is 63.5 Å². The van der Waals surface area contributed by atoms with E-state index in [1.54, 1.807) is 0 Å². The summed E-state index contributed by atoms with van der Waals surface area (Å²) in [6.45, 7) is 0.0286. The van der Waals surface area contributed by atoms with Crippen LogP contribution >= 0.6 is 0 Å². The van der Waals surface area contributed by atoms with E-state index in [1.165, 1.54) is 18.9 Å². The van der Waals surface area contributed by atoms with E-state index < -0.39 is 67.5 Å². The van der Waals surface area contributed by atoms with E-state index in [1.807, 2.05) is 0 Å². The molecule has 5 atom stereocenters. The SMILES string of the molecule is CC(=O)CN(CC(=O)NCCCCCC(=O)ON(C)C(=O)CCC=O)CC(=O)NC(CO)CCO[C@H]1OC(CO)[C@@H](O)CC1O. The lowest BCUT2D eigenvalue weighted by molar-refractivity contribution is -0.270. The monoisotopic (exact) mass is 648 g/mol. The largest absolute Gasteiger partial charge is 0.394 e. The highest BCUT2D eigenvalue weighted by Crippen LogP contribution is 2.21. The van der Waals surface area contributed by atoms with Crippen molar-refractivity contribution >= 4 is 35.8 Å². The van der Waals surface area contributed by atoms with Crippen molar-refractivity contribution in [2.24, 2.45) is 0 Å². The molecule has 17 heteroatoms. The molecule has 1 rings (SSSR count). The van der Waals surface area contributed by atoms with Crippen molar-refractivity contribution in [1.82, 2.24) is 20.6 Å². The number of Topliss-reactive ketones (excluding diaryl/α,β-unsaturated/α-hetero) is 1. The first-order valence-electron chi connectivity index (χ1n) is 14.9. The molecule has 1 aliphatic heterocycles. The van der Waals surface area contributed by atoms with Crippen molar-refractivity contribution in [3.05, 3.63) is 0 Å². The number of hydrogen-bond acceptors (Lipinski definition) is 14. The van der Waals surface area contributed by atoms with Gasteiger partial charge in [-0.15, -0.1) is 0 Å². The number of hydroxylamine groups is 2. The zero-order chi connectivity index (χ0) is 33.8. The van der Waals surface area contributed by atoms with Gasteiger partial charge in [0, 0.05) is 39.3 Å². The third-order valence-electron chi connectivity index (χ3n) is 6.68. The fourth-order valence-electron chi connectivity index (χ4n) is 4.32. The minimum atomic E-state index is -1.12. The molecule has 3 unspecified atom stereocenters. The first-order valence-corrected chi connectivity index (χ1v) is 14.9. The molecule has 0 aromatic heterocycles. The second-order valence-corrected chi connectivity index (χ2v) is 10.8. The molecule has 258 valence electrons. The van der Waals surface area contributed by atoms with Crippen LogP contribution in [0.3, 0.4) is 0 Å². The van der Waals surface area contributed by atoms with Gasteiger partial charge in [-0.3, -0.25) is 24.1 Å². The summed E-state index contributed by atoms with van der Waals surface area (Å²) in [7, 11) is 1.30. The Morgan fingerprint density at radius 3 is 2.36 bits per heavy atom. The Morgan fingerprint density at radius 1 is 1.00 bits per heavy atom. The van der Waals surface area contributed by atoms with E-state index in [0.29, 0.717) is 32.1 Å². The molecule has 17 nitrogen and oxygen atoms in total. The lowest BCUT2D eigenvalue weighted by atomic mass is 10.0. The van der Waals surface area contributed by atoms with Gasteiger partial charge in [0.15, 0.2) is 6.29 Å². The van der Waals surface area contributed by atoms with E-state index in [4.69, 9.17) is 14.3 Å². The second kappa shape index (κ2) is 22.4. The van der Waals surface area contributed by atoms with Crippen LogP contribution in [0.2, 0.25) is 0 Å². The van der Waals surface area contributed by atoms with Gasteiger partial charge in [-0.25, -0.2) is 4.79 Å². The smallest absolute Gasteiger partial charge is 0.332 e. The maximum Gasteiger partial charge on any atom is 0.332 e. The highest BCUT2D eigenvalue weighted by molar-refractivity contribution is 5.84. The number of carbonyl (C=O) groups excluding carboxylic acids is 6. The minimum absolute atomic E-state index is 0.0264. The third-order valence-corrected chi connectivity index (χ3v) is 6.68. The zero-order valence-electron chi connectivity index (χ0n) is 25.9. The highest BCUT2D eigenvalue weighted by atomic mass is 16.7. The van der Waals surface area contributed by atoms with Gasteiger partial charge in [0.2, 0.25) is 11.8 Å².